The van der Waals surface area contributed by atoms with E-state index in [2.05, 4.69) is 10.5 Å². The minimum Gasteiger partial charge on any atom is -0.493 e. The summed E-state index contributed by atoms with van der Waals surface area (Å²) in [5.41, 5.74) is 4.36. The van der Waals surface area contributed by atoms with Gasteiger partial charge in [0.25, 0.3) is 5.91 Å². The molecule has 0 aliphatic heterocycles. The largest absolute Gasteiger partial charge is 0.493 e. The van der Waals surface area contributed by atoms with Crippen LogP contribution in [0.5, 0.6) is 17.2 Å². The first-order valence-electron chi connectivity index (χ1n) is 7.40. The molecule has 0 bridgehead atoms. The van der Waals surface area contributed by atoms with Crippen LogP contribution in [0.3, 0.4) is 0 Å². The monoisotopic (exact) mass is 362 g/mol. The maximum absolute atomic E-state index is 12.4. The Balaban J connectivity index is 2.23. The molecule has 0 heterocycles. The molecule has 2 rings (SSSR count). The maximum Gasteiger partial charge on any atom is 0.271 e. The molecule has 1 N–H and O–H groups in total. The van der Waals surface area contributed by atoms with Gasteiger partial charge in [-0.05, 0) is 36.8 Å². The van der Waals surface area contributed by atoms with Crippen molar-refractivity contribution in [1.29, 1.82) is 0 Å². The quantitative estimate of drug-likeness (QED) is 0.630. The number of carbonyl (C=O) groups excluding carboxylic acids is 1. The predicted molar refractivity (Wildman–Crippen MR) is 97.2 cm³/mol. The van der Waals surface area contributed by atoms with Crippen molar-refractivity contribution in [2.24, 2.45) is 5.10 Å². The van der Waals surface area contributed by atoms with E-state index in [9.17, 15) is 4.79 Å². The number of benzene rings is 2. The van der Waals surface area contributed by atoms with Gasteiger partial charge in [0.05, 0.1) is 27.0 Å². The average molecular weight is 363 g/mol. The molecule has 0 aromatic heterocycles. The Morgan fingerprint density at radius 2 is 1.52 bits per heavy atom. The fourth-order valence-electron chi connectivity index (χ4n) is 2.17. The summed E-state index contributed by atoms with van der Waals surface area (Å²) in [6.45, 7) is 1.79. The van der Waals surface area contributed by atoms with Crippen molar-refractivity contribution in [1.82, 2.24) is 5.43 Å². The van der Waals surface area contributed by atoms with Gasteiger partial charge in [0.2, 0.25) is 5.75 Å². The average Bonchev–Trinajstić information content (AvgIpc) is 2.64. The molecule has 1 amide bonds. The number of amides is 1. The summed E-state index contributed by atoms with van der Waals surface area (Å²) in [5, 5.41) is 4.75. The molecule has 0 saturated heterocycles. The highest BCUT2D eigenvalue weighted by molar-refractivity contribution is 6.30. The van der Waals surface area contributed by atoms with Crippen LogP contribution in [-0.4, -0.2) is 32.9 Å². The molecule has 2 aromatic rings. The van der Waals surface area contributed by atoms with Gasteiger partial charge in [-0.3, -0.25) is 4.79 Å². The minimum atomic E-state index is -0.396. The zero-order valence-electron chi connectivity index (χ0n) is 14.4. The number of hydrazone groups is 1. The lowest BCUT2D eigenvalue weighted by molar-refractivity contribution is 0.0954. The lowest BCUT2D eigenvalue weighted by atomic mass is 10.1. The highest BCUT2D eigenvalue weighted by Gasteiger charge is 2.16. The third kappa shape index (κ3) is 4.42. The van der Waals surface area contributed by atoms with E-state index in [1.165, 1.54) is 21.3 Å². The molecule has 0 aliphatic carbocycles. The van der Waals surface area contributed by atoms with Crippen LogP contribution in [0.2, 0.25) is 5.02 Å². The zero-order valence-corrected chi connectivity index (χ0v) is 15.2. The van der Waals surface area contributed by atoms with Gasteiger partial charge in [0.1, 0.15) is 0 Å². The van der Waals surface area contributed by atoms with E-state index in [1.54, 1.807) is 31.2 Å². The van der Waals surface area contributed by atoms with E-state index in [1.807, 2.05) is 12.1 Å². The summed E-state index contributed by atoms with van der Waals surface area (Å²) in [6, 6.07) is 10.3. The van der Waals surface area contributed by atoms with Gasteiger partial charge in [0, 0.05) is 10.6 Å². The topological polar surface area (TPSA) is 69.2 Å². The molecule has 25 heavy (non-hydrogen) atoms. The Bertz CT molecular complexity index is 763. The standard InChI is InChI=1S/C18H19ClN2O4/c1-11(12-5-7-14(19)8-6-12)20-21-18(22)13-9-15(23-2)17(25-4)16(10-13)24-3/h5-10H,1-4H3,(H,21,22)/b20-11+. The second kappa shape index (κ2) is 8.39. The highest BCUT2D eigenvalue weighted by atomic mass is 35.5. The van der Waals surface area contributed by atoms with Crippen molar-refractivity contribution in [2.75, 3.05) is 21.3 Å². The first-order chi connectivity index (χ1) is 12.0. The Morgan fingerprint density at radius 1 is 0.960 bits per heavy atom. The fourth-order valence-corrected chi connectivity index (χ4v) is 2.29. The van der Waals surface area contributed by atoms with Crippen molar-refractivity contribution in [3.05, 3.63) is 52.5 Å². The number of nitrogens with one attached hydrogen (secondary N) is 1. The van der Waals surface area contributed by atoms with E-state index in [-0.39, 0.29) is 0 Å². The smallest absolute Gasteiger partial charge is 0.271 e. The maximum atomic E-state index is 12.4. The summed E-state index contributed by atoms with van der Waals surface area (Å²) in [6.07, 6.45) is 0. The summed E-state index contributed by atoms with van der Waals surface area (Å²) in [7, 11) is 4.48. The molecular weight excluding hydrogens is 344 g/mol. The number of hydrogen-bond donors (Lipinski definition) is 1. The molecule has 0 aliphatic rings. The molecule has 0 saturated carbocycles. The molecule has 7 heteroatoms. The van der Waals surface area contributed by atoms with Gasteiger partial charge < -0.3 is 14.2 Å². The van der Waals surface area contributed by atoms with Crippen molar-refractivity contribution in [3.63, 3.8) is 0 Å². The zero-order chi connectivity index (χ0) is 18.4. The van der Waals surface area contributed by atoms with Gasteiger partial charge in [-0.1, -0.05) is 23.7 Å². The number of halogens is 1. The molecule has 132 valence electrons. The molecule has 0 fully saturated rings. The van der Waals surface area contributed by atoms with Crippen molar-refractivity contribution in [3.8, 4) is 17.2 Å². The SMILES string of the molecule is COc1cc(C(=O)N/N=C(\C)c2ccc(Cl)cc2)cc(OC)c1OC. The van der Waals surface area contributed by atoms with Crippen LogP contribution < -0.4 is 19.6 Å². The first kappa shape index (κ1) is 18.6. The third-order valence-electron chi connectivity index (χ3n) is 3.51. The molecule has 0 atom stereocenters. The predicted octanol–water partition coefficient (Wildman–Crippen LogP) is 3.52. The van der Waals surface area contributed by atoms with E-state index < -0.39 is 5.91 Å². The van der Waals surface area contributed by atoms with Crippen molar-refractivity contribution in [2.45, 2.75) is 6.92 Å². The second-order valence-corrected chi connectivity index (χ2v) is 5.50. The van der Waals surface area contributed by atoms with Crippen molar-refractivity contribution < 1.29 is 19.0 Å². The van der Waals surface area contributed by atoms with Gasteiger partial charge in [-0.15, -0.1) is 0 Å². The Kier molecular flexibility index (Phi) is 6.25. The van der Waals surface area contributed by atoms with Gasteiger partial charge in [-0.2, -0.15) is 5.10 Å². The van der Waals surface area contributed by atoms with Crippen molar-refractivity contribution >= 4 is 23.2 Å². The second-order valence-electron chi connectivity index (χ2n) is 5.06. The van der Waals surface area contributed by atoms with E-state index in [0.717, 1.165) is 5.56 Å². The van der Waals surface area contributed by atoms with E-state index in [0.29, 0.717) is 33.5 Å². The molecule has 6 nitrogen and oxygen atoms in total. The van der Waals surface area contributed by atoms with E-state index >= 15 is 0 Å². The molecule has 2 aromatic carbocycles. The van der Waals surface area contributed by atoms with Gasteiger partial charge >= 0.3 is 0 Å². The molecule has 0 spiro atoms. The number of carbonyl (C=O) groups is 1. The highest BCUT2D eigenvalue weighted by Crippen LogP contribution is 2.38. The summed E-state index contributed by atoms with van der Waals surface area (Å²) in [5.74, 6) is 0.811. The van der Waals surface area contributed by atoms with Crippen LogP contribution in [0.4, 0.5) is 0 Å². The van der Waals surface area contributed by atoms with Crippen LogP contribution in [-0.2, 0) is 0 Å². The molecular formula is C18H19ClN2O4. The number of rotatable bonds is 6. The van der Waals surface area contributed by atoms with E-state index in [4.69, 9.17) is 25.8 Å². The Hall–Kier alpha value is -2.73. The molecule has 0 radical (unpaired) electrons. The number of ether oxygens (including phenoxy) is 3. The minimum absolute atomic E-state index is 0.335. The van der Waals surface area contributed by atoms with Gasteiger partial charge in [0.15, 0.2) is 11.5 Å². The fraction of sp³-hybridized carbons (Fsp3) is 0.222. The lowest BCUT2D eigenvalue weighted by Gasteiger charge is -2.13. The first-order valence-corrected chi connectivity index (χ1v) is 7.78. The van der Waals surface area contributed by atoms with Crippen LogP contribution in [0.25, 0.3) is 0 Å². The van der Waals surface area contributed by atoms with Crippen LogP contribution in [0, 0.1) is 0 Å². The Morgan fingerprint density at radius 3 is 2.00 bits per heavy atom. The number of methoxy groups -OCH3 is 3. The van der Waals surface area contributed by atoms with Crippen LogP contribution in [0.1, 0.15) is 22.8 Å². The Labute approximate surface area is 151 Å². The third-order valence-corrected chi connectivity index (χ3v) is 3.77. The van der Waals surface area contributed by atoms with Gasteiger partial charge in [-0.25, -0.2) is 5.43 Å². The summed E-state index contributed by atoms with van der Waals surface area (Å²) >= 11 is 5.86. The molecule has 0 unspecified atom stereocenters. The van der Waals surface area contributed by atoms with Crippen LogP contribution >= 0.6 is 11.6 Å². The number of nitrogens with zero attached hydrogens (tertiary/aromatic N) is 1. The lowest BCUT2D eigenvalue weighted by Crippen LogP contribution is -2.19. The normalized spacial score (nSPS) is 11.0. The summed E-state index contributed by atoms with van der Waals surface area (Å²) < 4.78 is 15.7. The number of hydrogen-bond acceptors (Lipinski definition) is 5. The van der Waals surface area contributed by atoms with Crippen LogP contribution in [0.15, 0.2) is 41.5 Å². The summed E-state index contributed by atoms with van der Waals surface area (Å²) in [4.78, 5) is 12.4.